The zero-order valence-electron chi connectivity index (χ0n) is 6.82. The maximum atomic E-state index is 2.54. The van der Waals surface area contributed by atoms with Crippen molar-refractivity contribution in [2.75, 3.05) is 0 Å². The van der Waals surface area contributed by atoms with Gasteiger partial charge >= 0.3 is 0 Å². The van der Waals surface area contributed by atoms with Crippen LogP contribution in [-0.2, 0) is 0 Å². The van der Waals surface area contributed by atoms with Crippen molar-refractivity contribution < 1.29 is 0 Å². The Hall–Kier alpha value is 0. The summed E-state index contributed by atoms with van der Waals surface area (Å²) in [5.41, 5.74) is 1.74. The summed E-state index contributed by atoms with van der Waals surface area (Å²) >= 11 is 0. The van der Waals surface area contributed by atoms with Gasteiger partial charge in [0.1, 0.15) is 0 Å². The van der Waals surface area contributed by atoms with Crippen molar-refractivity contribution in [3.63, 3.8) is 0 Å². The summed E-state index contributed by atoms with van der Waals surface area (Å²) in [6, 6.07) is 0. The minimum Gasteiger partial charge on any atom is -0.0591 e. The average molecular weight is 136 g/mol. The van der Waals surface area contributed by atoms with Crippen molar-refractivity contribution in [2.24, 2.45) is 16.7 Å². The zero-order valence-corrected chi connectivity index (χ0v) is 6.82. The van der Waals surface area contributed by atoms with Crippen LogP contribution in [0.15, 0.2) is 0 Å². The van der Waals surface area contributed by atoms with E-state index in [1.54, 1.807) is 38.5 Å². The average Bonchev–Trinajstić information content (AvgIpc) is 1.92. The lowest BCUT2D eigenvalue weighted by Crippen LogP contribution is -2.53. The van der Waals surface area contributed by atoms with E-state index in [-0.39, 0.29) is 0 Å². The second kappa shape index (κ2) is 1.31. The summed E-state index contributed by atoms with van der Waals surface area (Å²) in [5.74, 6) is 1.17. The highest BCUT2D eigenvalue weighted by Gasteiger charge is 2.66. The van der Waals surface area contributed by atoms with Crippen molar-refractivity contribution in [3.8, 4) is 0 Å². The van der Waals surface area contributed by atoms with E-state index >= 15 is 0 Å². The molecular formula is C10H16. The van der Waals surface area contributed by atoms with Crippen LogP contribution in [0.4, 0.5) is 0 Å². The lowest BCUT2D eigenvalue weighted by Gasteiger charge is -2.62. The van der Waals surface area contributed by atoms with Crippen molar-refractivity contribution in [1.82, 2.24) is 0 Å². The second-order valence-corrected chi connectivity index (χ2v) is 4.99. The lowest BCUT2D eigenvalue weighted by atomic mass is 9.42. The van der Waals surface area contributed by atoms with E-state index < -0.39 is 0 Å². The molecule has 3 rings (SSSR count). The van der Waals surface area contributed by atoms with Crippen LogP contribution in [0.1, 0.15) is 45.4 Å². The minimum atomic E-state index is 0.829. The van der Waals surface area contributed by atoms with Gasteiger partial charge in [-0.25, -0.2) is 0 Å². The topological polar surface area (TPSA) is 0 Å². The smallest absolute Gasteiger partial charge is 0.0215 e. The molecule has 0 aromatic carbocycles. The molecule has 0 amide bonds. The number of hydrogen-bond donors (Lipinski definition) is 0. The molecule has 0 bridgehead atoms. The third-order valence-electron chi connectivity index (χ3n) is 5.09. The van der Waals surface area contributed by atoms with Gasteiger partial charge in [0.15, 0.2) is 0 Å². The summed E-state index contributed by atoms with van der Waals surface area (Å²) in [5, 5.41) is 0. The van der Waals surface area contributed by atoms with Crippen molar-refractivity contribution in [2.45, 2.75) is 45.4 Å². The fourth-order valence-electron chi connectivity index (χ4n) is 3.98. The van der Waals surface area contributed by atoms with E-state index in [4.69, 9.17) is 0 Å². The van der Waals surface area contributed by atoms with Gasteiger partial charge in [-0.05, 0) is 55.3 Å². The van der Waals surface area contributed by atoms with Crippen LogP contribution in [0.2, 0.25) is 0 Å². The Morgan fingerprint density at radius 3 is 2.10 bits per heavy atom. The Morgan fingerprint density at radius 2 is 1.80 bits per heavy atom. The molecule has 0 aromatic rings. The molecule has 0 heterocycles. The highest BCUT2D eigenvalue weighted by atomic mass is 14.7. The molecule has 3 atom stereocenters. The molecule has 0 nitrogen and oxygen atoms in total. The van der Waals surface area contributed by atoms with Crippen LogP contribution in [0.3, 0.4) is 0 Å². The van der Waals surface area contributed by atoms with Gasteiger partial charge in [-0.2, -0.15) is 0 Å². The minimum absolute atomic E-state index is 0.829. The Labute approximate surface area is 63.0 Å². The SMILES string of the molecule is CC12CCC3CCC31CC2. The summed E-state index contributed by atoms with van der Waals surface area (Å²) in [4.78, 5) is 0. The Balaban J connectivity index is 2.02. The molecule has 1 spiro atoms. The molecule has 3 saturated carbocycles. The van der Waals surface area contributed by atoms with Crippen molar-refractivity contribution >= 4 is 0 Å². The van der Waals surface area contributed by atoms with Gasteiger partial charge in [0.2, 0.25) is 0 Å². The quantitative estimate of drug-likeness (QED) is 0.480. The number of hydrogen-bond acceptors (Lipinski definition) is 0. The standard InChI is InChI=1S/C10H16/c1-9-4-2-8-3-5-10(8,9)7-6-9/h8H,2-7H2,1H3. The van der Waals surface area contributed by atoms with Gasteiger partial charge in [0.25, 0.3) is 0 Å². The van der Waals surface area contributed by atoms with Gasteiger partial charge in [-0.3, -0.25) is 0 Å². The zero-order chi connectivity index (χ0) is 6.82. The van der Waals surface area contributed by atoms with Gasteiger partial charge in [0, 0.05) is 0 Å². The first-order valence-electron chi connectivity index (χ1n) is 4.77. The first-order chi connectivity index (χ1) is 4.77. The first-order valence-corrected chi connectivity index (χ1v) is 4.77. The van der Waals surface area contributed by atoms with Gasteiger partial charge < -0.3 is 0 Å². The molecule has 10 heavy (non-hydrogen) atoms. The molecule has 3 fully saturated rings. The van der Waals surface area contributed by atoms with Gasteiger partial charge in [-0.15, -0.1) is 0 Å². The predicted octanol–water partition coefficient (Wildman–Crippen LogP) is 2.98. The molecule has 56 valence electrons. The van der Waals surface area contributed by atoms with Crippen LogP contribution in [0.5, 0.6) is 0 Å². The van der Waals surface area contributed by atoms with E-state index in [1.807, 2.05) is 0 Å². The maximum Gasteiger partial charge on any atom is -0.0215 e. The molecule has 0 saturated heterocycles. The van der Waals surface area contributed by atoms with E-state index in [9.17, 15) is 0 Å². The van der Waals surface area contributed by atoms with Crippen LogP contribution in [-0.4, -0.2) is 0 Å². The van der Waals surface area contributed by atoms with Crippen LogP contribution in [0, 0.1) is 16.7 Å². The largest absolute Gasteiger partial charge is 0.0591 e. The molecule has 0 radical (unpaired) electrons. The summed E-state index contributed by atoms with van der Waals surface area (Å²) in [6.45, 7) is 2.54. The van der Waals surface area contributed by atoms with Crippen LogP contribution >= 0.6 is 0 Å². The van der Waals surface area contributed by atoms with E-state index in [1.165, 1.54) is 5.92 Å². The summed E-state index contributed by atoms with van der Waals surface area (Å²) in [7, 11) is 0. The molecular weight excluding hydrogens is 120 g/mol. The molecule has 0 aliphatic heterocycles. The fourth-order valence-corrected chi connectivity index (χ4v) is 3.98. The third kappa shape index (κ3) is 0.339. The third-order valence-corrected chi connectivity index (χ3v) is 5.09. The van der Waals surface area contributed by atoms with Crippen molar-refractivity contribution in [1.29, 1.82) is 0 Å². The number of rotatable bonds is 0. The van der Waals surface area contributed by atoms with E-state index in [2.05, 4.69) is 6.92 Å². The second-order valence-electron chi connectivity index (χ2n) is 4.99. The van der Waals surface area contributed by atoms with E-state index in [0.717, 1.165) is 10.8 Å². The Kier molecular flexibility index (Phi) is 0.735. The van der Waals surface area contributed by atoms with Crippen LogP contribution < -0.4 is 0 Å². The molecule has 0 aromatic heterocycles. The lowest BCUT2D eigenvalue weighted by molar-refractivity contribution is -0.129. The highest BCUT2D eigenvalue weighted by molar-refractivity contribution is 5.16. The normalized spacial score (nSPS) is 63.9. The summed E-state index contributed by atoms with van der Waals surface area (Å²) < 4.78 is 0. The fraction of sp³-hybridized carbons (Fsp3) is 1.00. The van der Waals surface area contributed by atoms with Gasteiger partial charge in [-0.1, -0.05) is 6.92 Å². The van der Waals surface area contributed by atoms with E-state index in [0.29, 0.717) is 0 Å². The molecule has 3 aliphatic carbocycles. The summed E-state index contributed by atoms with van der Waals surface area (Å²) in [6.07, 6.45) is 9.38. The predicted molar refractivity (Wildman–Crippen MR) is 41.7 cm³/mol. The van der Waals surface area contributed by atoms with Crippen LogP contribution in [0.25, 0.3) is 0 Å². The maximum absolute atomic E-state index is 2.54. The highest BCUT2D eigenvalue weighted by Crippen LogP contribution is 2.76. The Bertz CT molecular complexity index is 180. The Morgan fingerprint density at radius 1 is 1.00 bits per heavy atom. The molecule has 0 N–H and O–H groups in total. The molecule has 3 aliphatic rings. The van der Waals surface area contributed by atoms with Crippen molar-refractivity contribution in [3.05, 3.63) is 0 Å². The van der Waals surface area contributed by atoms with Gasteiger partial charge in [0.05, 0.1) is 0 Å². The molecule has 3 unspecified atom stereocenters. The molecule has 0 heteroatoms. The monoisotopic (exact) mass is 136 g/mol. The first kappa shape index (κ1) is 5.62.